The molecular weight excluding hydrogens is 406 g/mol. The number of fused-ring (bicyclic) bond motifs is 1. The van der Waals surface area contributed by atoms with Gasteiger partial charge in [0.05, 0.1) is 11.3 Å². The highest BCUT2D eigenvalue weighted by molar-refractivity contribution is 6.01. The van der Waals surface area contributed by atoms with Crippen molar-refractivity contribution in [2.24, 2.45) is 0 Å². The number of rotatable bonds is 6. The summed E-state index contributed by atoms with van der Waals surface area (Å²) >= 11 is 0. The molecule has 0 atom stereocenters. The third kappa shape index (κ3) is 4.74. The van der Waals surface area contributed by atoms with E-state index < -0.39 is 18.5 Å². The largest absolute Gasteiger partial charge is 0.454 e. The summed E-state index contributed by atoms with van der Waals surface area (Å²) in [6, 6.07) is 11.3. The zero-order valence-electron chi connectivity index (χ0n) is 16.4. The number of amides is 3. The highest BCUT2D eigenvalue weighted by Crippen LogP contribution is 2.32. The summed E-state index contributed by atoms with van der Waals surface area (Å²) < 4.78 is 15.5. The number of carbonyl (C=O) groups excluding carboxylic acids is 4. The molecule has 1 fully saturated rings. The van der Waals surface area contributed by atoms with Gasteiger partial charge in [-0.3, -0.25) is 19.8 Å². The van der Waals surface area contributed by atoms with Crippen molar-refractivity contribution in [1.29, 1.82) is 0 Å². The Balaban J connectivity index is 1.26. The first-order chi connectivity index (χ1) is 15.0. The van der Waals surface area contributed by atoms with Crippen LogP contribution in [0.2, 0.25) is 0 Å². The van der Waals surface area contributed by atoms with Crippen LogP contribution in [0.5, 0.6) is 11.5 Å². The minimum absolute atomic E-state index is 0.122. The molecule has 2 aromatic carbocycles. The van der Waals surface area contributed by atoms with E-state index in [-0.39, 0.29) is 43.6 Å². The van der Waals surface area contributed by atoms with Gasteiger partial charge in [-0.25, -0.2) is 9.80 Å². The minimum atomic E-state index is -0.682. The number of hydrazine groups is 1. The molecule has 1 saturated heterocycles. The van der Waals surface area contributed by atoms with Gasteiger partial charge < -0.3 is 19.5 Å². The predicted octanol–water partition coefficient (Wildman–Crippen LogP) is 1.05. The zero-order chi connectivity index (χ0) is 21.8. The lowest BCUT2D eigenvalue weighted by atomic mass is 10.2. The van der Waals surface area contributed by atoms with E-state index in [0.717, 1.165) is 10.6 Å². The van der Waals surface area contributed by atoms with Crippen molar-refractivity contribution in [2.45, 2.75) is 19.4 Å². The monoisotopic (exact) mass is 425 g/mol. The molecule has 2 heterocycles. The molecule has 160 valence electrons. The van der Waals surface area contributed by atoms with E-state index in [1.807, 2.05) is 0 Å². The first-order valence-corrected chi connectivity index (χ1v) is 9.54. The van der Waals surface area contributed by atoms with Crippen LogP contribution in [-0.2, 0) is 25.7 Å². The van der Waals surface area contributed by atoms with E-state index in [2.05, 4.69) is 10.7 Å². The fourth-order valence-electron chi connectivity index (χ4n) is 3.05. The summed E-state index contributed by atoms with van der Waals surface area (Å²) in [4.78, 5) is 47.6. The predicted molar refractivity (Wildman–Crippen MR) is 106 cm³/mol. The molecule has 0 saturated carbocycles. The van der Waals surface area contributed by atoms with Crippen LogP contribution in [0.3, 0.4) is 0 Å². The van der Waals surface area contributed by atoms with Gasteiger partial charge in [-0.1, -0.05) is 6.07 Å². The molecule has 2 N–H and O–H groups in total. The second-order valence-electron chi connectivity index (χ2n) is 6.85. The highest BCUT2D eigenvalue weighted by Gasteiger charge is 2.24. The zero-order valence-corrected chi connectivity index (χ0v) is 16.4. The van der Waals surface area contributed by atoms with Crippen LogP contribution in [-0.4, -0.2) is 37.1 Å². The second-order valence-corrected chi connectivity index (χ2v) is 6.85. The lowest BCUT2D eigenvalue weighted by Crippen LogP contribution is -2.50. The van der Waals surface area contributed by atoms with Crippen molar-refractivity contribution < 1.29 is 33.4 Å². The smallest absolute Gasteiger partial charge is 0.338 e. The van der Waals surface area contributed by atoms with E-state index in [1.165, 1.54) is 24.3 Å². The molecule has 0 aromatic heterocycles. The van der Waals surface area contributed by atoms with Gasteiger partial charge in [0.15, 0.2) is 18.1 Å². The minimum Gasteiger partial charge on any atom is -0.454 e. The van der Waals surface area contributed by atoms with Gasteiger partial charge in [-0.2, -0.15) is 0 Å². The van der Waals surface area contributed by atoms with Gasteiger partial charge in [-0.05, 0) is 42.0 Å². The van der Waals surface area contributed by atoms with Crippen molar-refractivity contribution in [3.8, 4) is 11.5 Å². The number of esters is 1. The molecule has 0 spiro atoms. The third-order valence-electron chi connectivity index (χ3n) is 4.67. The molecule has 10 nitrogen and oxygen atoms in total. The van der Waals surface area contributed by atoms with Crippen molar-refractivity contribution >= 4 is 29.4 Å². The fourth-order valence-corrected chi connectivity index (χ4v) is 3.05. The summed E-state index contributed by atoms with van der Waals surface area (Å²) in [5.74, 6) is -0.360. The topological polar surface area (TPSA) is 123 Å². The molecule has 31 heavy (non-hydrogen) atoms. The van der Waals surface area contributed by atoms with Crippen LogP contribution in [0.25, 0.3) is 0 Å². The average Bonchev–Trinajstić information content (AvgIpc) is 3.25. The van der Waals surface area contributed by atoms with E-state index in [9.17, 15) is 19.2 Å². The summed E-state index contributed by atoms with van der Waals surface area (Å²) in [5, 5.41) is 3.80. The average molecular weight is 425 g/mol. The molecule has 4 rings (SSSR count). The van der Waals surface area contributed by atoms with Gasteiger partial charge in [-0.15, -0.1) is 0 Å². The first-order valence-electron chi connectivity index (χ1n) is 9.54. The molecule has 10 heteroatoms. The number of nitrogens with zero attached hydrogens (tertiary/aromatic N) is 1. The molecule has 2 aliphatic heterocycles. The Bertz CT molecular complexity index is 1040. The standard InChI is InChI=1S/C21H19N3O7/c25-18-7-8-20(27)24(23-18)15-4-2-14(3-5-15)21(28)29-11-19(26)22-10-13-1-6-16-17(9-13)31-12-30-16/h1-6,9H,7-8,10-12H2,(H,22,26)(H,23,25). The van der Waals surface area contributed by atoms with Crippen molar-refractivity contribution in [2.75, 3.05) is 18.4 Å². The molecule has 2 aromatic rings. The maximum atomic E-state index is 12.2. The van der Waals surface area contributed by atoms with Crippen LogP contribution in [0.4, 0.5) is 5.69 Å². The highest BCUT2D eigenvalue weighted by atomic mass is 16.7. The van der Waals surface area contributed by atoms with E-state index >= 15 is 0 Å². The molecular formula is C21H19N3O7. The Morgan fingerprint density at radius 3 is 2.61 bits per heavy atom. The third-order valence-corrected chi connectivity index (χ3v) is 4.67. The Morgan fingerprint density at radius 1 is 1.03 bits per heavy atom. The van der Waals surface area contributed by atoms with Gasteiger partial charge in [0.1, 0.15) is 0 Å². The van der Waals surface area contributed by atoms with Crippen molar-refractivity contribution in [3.63, 3.8) is 0 Å². The summed E-state index contributed by atoms with van der Waals surface area (Å²) in [6.45, 7) is -0.0197. The van der Waals surface area contributed by atoms with Gasteiger partial charge in [0.25, 0.3) is 5.91 Å². The number of carbonyl (C=O) groups is 4. The Labute approximate surface area is 177 Å². The first kappa shape index (κ1) is 20.2. The van der Waals surface area contributed by atoms with Crippen LogP contribution >= 0.6 is 0 Å². The Kier molecular flexibility index (Phi) is 5.69. The van der Waals surface area contributed by atoms with E-state index in [4.69, 9.17) is 14.2 Å². The Hall–Kier alpha value is -4.08. The Morgan fingerprint density at radius 2 is 1.81 bits per heavy atom. The maximum Gasteiger partial charge on any atom is 0.338 e. The maximum absolute atomic E-state index is 12.2. The van der Waals surface area contributed by atoms with Crippen molar-refractivity contribution in [1.82, 2.24) is 10.7 Å². The van der Waals surface area contributed by atoms with Gasteiger partial charge in [0, 0.05) is 19.4 Å². The number of ether oxygens (including phenoxy) is 3. The van der Waals surface area contributed by atoms with Crippen molar-refractivity contribution in [3.05, 3.63) is 53.6 Å². The number of nitrogens with one attached hydrogen (secondary N) is 2. The second kappa shape index (κ2) is 8.74. The number of hydrogen-bond donors (Lipinski definition) is 2. The van der Waals surface area contributed by atoms with Crippen LogP contribution < -0.4 is 25.2 Å². The van der Waals surface area contributed by atoms with Gasteiger partial charge in [0.2, 0.25) is 18.6 Å². The molecule has 2 aliphatic rings. The van der Waals surface area contributed by atoms with Crippen LogP contribution in [0.15, 0.2) is 42.5 Å². The molecule has 0 unspecified atom stereocenters. The van der Waals surface area contributed by atoms with Crippen LogP contribution in [0.1, 0.15) is 28.8 Å². The van der Waals surface area contributed by atoms with Crippen LogP contribution in [0, 0.1) is 0 Å². The molecule has 0 aliphatic carbocycles. The van der Waals surface area contributed by atoms with Gasteiger partial charge >= 0.3 is 5.97 Å². The summed E-state index contributed by atoms with van der Waals surface area (Å²) in [7, 11) is 0. The number of anilines is 1. The SMILES string of the molecule is O=C(COC(=O)c1ccc(N2NC(=O)CCC2=O)cc1)NCc1ccc2c(c1)OCO2. The molecule has 3 amide bonds. The van der Waals surface area contributed by atoms with E-state index in [0.29, 0.717) is 17.2 Å². The fraction of sp³-hybridized carbons (Fsp3) is 0.238. The quantitative estimate of drug-likeness (QED) is 0.663. The molecule has 0 bridgehead atoms. The number of hydrogen-bond acceptors (Lipinski definition) is 7. The molecule has 0 radical (unpaired) electrons. The summed E-state index contributed by atoms with van der Waals surface area (Å²) in [5.41, 5.74) is 3.93. The van der Waals surface area contributed by atoms with E-state index in [1.54, 1.807) is 18.2 Å². The number of benzene rings is 2. The lowest BCUT2D eigenvalue weighted by molar-refractivity contribution is -0.130. The normalized spacial score (nSPS) is 14.8. The lowest BCUT2D eigenvalue weighted by Gasteiger charge is -2.27. The summed E-state index contributed by atoms with van der Waals surface area (Å²) in [6.07, 6.45) is 0.271.